The zero-order valence-corrected chi connectivity index (χ0v) is 14.6. The Bertz CT molecular complexity index is 292. The molecule has 2 unspecified atom stereocenters. The van der Waals surface area contributed by atoms with Gasteiger partial charge in [-0.2, -0.15) is 0 Å². The van der Waals surface area contributed by atoms with Crippen molar-refractivity contribution in [3.8, 4) is 0 Å². The van der Waals surface area contributed by atoms with Crippen LogP contribution in [0.4, 0.5) is 0 Å². The Hall–Kier alpha value is -0.610. The highest BCUT2D eigenvalue weighted by molar-refractivity contribution is 5.80. The third-order valence-electron chi connectivity index (χ3n) is 3.63. The minimum Gasteiger partial charge on any atom is -0.465 e. The number of hydrogen-bond acceptors (Lipinski definition) is 4. The first-order valence-corrected chi connectivity index (χ1v) is 7.88. The zero-order valence-electron chi connectivity index (χ0n) is 14.6. The van der Waals surface area contributed by atoms with Crippen LogP contribution in [-0.2, 0) is 9.53 Å². The van der Waals surface area contributed by atoms with E-state index in [9.17, 15) is 4.79 Å². The molecule has 0 aromatic rings. The molecule has 0 radical (unpaired) electrons. The second kappa shape index (κ2) is 8.63. The molecule has 0 saturated heterocycles. The number of esters is 1. The van der Waals surface area contributed by atoms with Crippen LogP contribution in [-0.4, -0.2) is 47.7 Å². The number of nitrogens with one attached hydrogen (secondary N) is 1. The lowest BCUT2D eigenvalue weighted by Gasteiger charge is -2.38. The molecular weight excluding hydrogens is 252 g/mol. The van der Waals surface area contributed by atoms with E-state index in [0.29, 0.717) is 18.7 Å². The largest absolute Gasteiger partial charge is 0.465 e. The molecule has 0 aliphatic carbocycles. The molecule has 0 fully saturated rings. The molecule has 0 bridgehead atoms. The molecule has 4 heteroatoms. The molecule has 20 heavy (non-hydrogen) atoms. The van der Waals surface area contributed by atoms with Gasteiger partial charge in [0.15, 0.2) is 0 Å². The van der Waals surface area contributed by atoms with Gasteiger partial charge in [-0.15, -0.1) is 0 Å². The minimum absolute atomic E-state index is 0.152. The van der Waals surface area contributed by atoms with Crippen LogP contribution in [0.3, 0.4) is 0 Å². The Balaban J connectivity index is 5.01. The Morgan fingerprint density at radius 1 is 1.20 bits per heavy atom. The molecule has 1 N–H and O–H groups in total. The van der Waals surface area contributed by atoms with Crippen LogP contribution in [0.5, 0.6) is 0 Å². The van der Waals surface area contributed by atoms with E-state index in [2.05, 4.69) is 51.8 Å². The molecule has 0 rings (SSSR count). The summed E-state index contributed by atoms with van der Waals surface area (Å²) in [5, 5.41) is 3.39. The lowest BCUT2D eigenvalue weighted by Crippen LogP contribution is -2.56. The first kappa shape index (κ1) is 19.4. The van der Waals surface area contributed by atoms with Crippen LogP contribution in [0.1, 0.15) is 61.8 Å². The molecule has 0 heterocycles. The molecule has 0 aliphatic rings. The topological polar surface area (TPSA) is 41.6 Å². The van der Waals surface area contributed by atoms with Gasteiger partial charge in [0.1, 0.15) is 5.54 Å². The molecule has 0 spiro atoms. The average Bonchev–Trinajstić information content (AvgIpc) is 2.27. The molecule has 2 atom stereocenters. The highest BCUT2D eigenvalue weighted by atomic mass is 16.5. The maximum atomic E-state index is 12.3. The lowest BCUT2D eigenvalue weighted by molar-refractivity contribution is -0.151. The predicted octanol–water partition coefficient (Wildman–Crippen LogP) is 2.82. The number of hydrogen-bond donors (Lipinski definition) is 1. The SMILES string of the molecule is CCOC(=O)C(C)(CC(C)N(CC)C(C)C)NC(C)C. The van der Waals surface area contributed by atoms with Gasteiger partial charge in [-0.1, -0.05) is 6.92 Å². The number of carbonyl (C=O) groups excluding carboxylic acids is 1. The van der Waals surface area contributed by atoms with Crippen LogP contribution in [0.25, 0.3) is 0 Å². The summed E-state index contributed by atoms with van der Waals surface area (Å²) in [5.74, 6) is -0.152. The van der Waals surface area contributed by atoms with Crippen molar-refractivity contribution in [2.45, 2.75) is 85.5 Å². The average molecular weight is 286 g/mol. The highest BCUT2D eigenvalue weighted by Crippen LogP contribution is 2.20. The molecule has 0 aromatic heterocycles. The van der Waals surface area contributed by atoms with E-state index >= 15 is 0 Å². The summed E-state index contributed by atoms with van der Waals surface area (Å²) in [5.41, 5.74) is -0.633. The van der Waals surface area contributed by atoms with E-state index in [1.807, 2.05) is 13.8 Å². The van der Waals surface area contributed by atoms with Crippen molar-refractivity contribution in [3.63, 3.8) is 0 Å². The summed E-state index contributed by atoms with van der Waals surface area (Å²) in [6.45, 7) is 18.1. The normalized spacial score (nSPS) is 16.6. The Morgan fingerprint density at radius 2 is 1.75 bits per heavy atom. The summed E-state index contributed by atoms with van der Waals surface area (Å²) in [6, 6.07) is 1.03. The van der Waals surface area contributed by atoms with E-state index in [1.165, 1.54) is 0 Å². The van der Waals surface area contributed by atoms with Crippen molar-refractivity contribution < 1.29 is 9.53 Å². The minimum atomic E-state index is -0.633. The summed E-state index contributed by atoms with van der Waals surface area (Å²) in [7, 11) is 0. The summed E-state index contributed by atoms with van der Waals surface area (Å²) >= 11 is 0. The van der Waals surface area contributed by atoms with Crippen LogP contribution in [0.2, 0.25) is 0 Å². The lowest BCUT2D eigenvalue weighted by atomic mass is 9.91. The van der Waals surface area contributed by atoms with E-state index < -0.39 is 5.54 Å². The fourth-order valence-electron chi connectivity index (χ4n) is 3.02. The number of ether oxygens (including phenoxy) is 1. The zero-order chi connectivity index (χ0) is 15.9. The Labute approximate surface area is 125 Å². The predicted molar refractivity (Wildman–Crippen MR) is 84.9 cm³/mol. The van der Waals surface area contributed by atoms with Gasteiger partial charge in [-0.3, -0.25) is 15.0 Å². The fourth-order valence-corrected chi connectivity index (χ4v) is 3.02. The molecule has 0 aliphatic heterocycles. The third kappa shape index (κ3) is 5.80. The molecule has 4 nitrogen and oxygen atoms in total. The summed E-state index contributed by atoms with van der Waals surface area (Å²) in [6.07, 6.45) is 0.746. The molecule has 0 aromatic carbocycles. The van der Waals surface area contributed by atoms with E-state index in [-0.39, 0.29) is 12.0 Å². The first-order chi connectivity index (χ1) is 9.17. The second-order valence-corrected chi connectivity index (χ2v) is 6.33. The second-order valence-electron chi connectivity index (χ2n) is 6.33. The smallest absolute Gasteiger partial charge is 0.326 e. The van der Waals surface area contributed by atoms with Crippen molar-refractivity contribution in [1.29, 1.82) is 0 Å². The van der Waals surface area contributed by atoms with Gasteiger partial charge in [-0.05, 0) is 61.4 Å². The molecule has 120 valence electrons. The van der Waals surface area contributed by atoms with Gasteiger partial charge < -0.3 is 4.74 Å². The molecule has 0 amide bonds. The highest BCUT2D eigenvalue weighted by Gasteiger charge is 2.37. The van der Waals surface area contributed by atoms with Crippen molar-refractivity contribution in [2.24, 2.45) is 0 Å². The number of rotatable bonds is 9. The molecular formula is C16H34N2O2. The monoisotopic (exact) mass is 286 g/mol. The number of carbonyl (C=O) groups is 1. The van der Waals surface area contributed by atoms with Crippen molar-refractivity contribution in [1.82, 2.24) is 10.2 Å². The van der Waals surface area contributed by atoms with Gasteiger partial charge in [0.05, 0.1) is 6.61 Å². The first-order valence-electron chi connectivity index (χ1n) is 7.88. The van der Waals surface area contributed by atoms with Gasteiger partial charge in [0, 0.05) is 18.1 Å². The Kier molecular flexibility index (Phi) is 8.36. The maximum absolute atomic E-state index is 12.3. The van der Waals surface area contributed by atoms with Gasteiger partial charge in [0.2, 0.25) is 0 Å². The van der Waals surface area contributed by atoms with Crippen molar-refractivity contribution in [2.75, 3.05) is 13.2 Å². The summed E-state index contributed by atoms with van der Waals surface area (Å²) in [4.78, 5) is 14.7. The van der Waals surface area contributed by atoms with Crippen LogP contribution < -0.4 is 5.32 Å². The summed E-state index contributed by atoms with van der Waals surface area (Å²) < 4.78 is 5.26. The van der Waals surface area contributed by atoms with Crippen molar-refractivity contribution in [3.05, 3.63) is 0 Å². The van der Waals surface area contributed by atoms with Crippen LogP contribution >= 0.6 is 0 Å². The van der Waals surface area contributed by atoms with Gasteiger partial charge in [0.25, 0.3) is 0 Å². The molecule has 0 saturated carbocycles. The van der Waals surface area contributed by atoms with Gasteiger partial charge in [-0.25, -0.2) is 0 Å². The van der Waals surface area contributed by atoms with E-state index in [1.54, 1.807) is 0 Å². The van der Waals surface area contributed by atoms with Crippen molar-refractivity contribution >= 4 is 5.97 Å². The third-order valence-corrected chi connectivity index (χ3v) is 3.63. The standard InChI is InChI=1S/C16H34N2O2/c1-9-18(13(5)6)14(7)11-16(8,17-12(3)4)15(19)20-10-2/h12-14,17H,9-11H2,1-8H3. The van der Waals surface area contributed by atoms with E-state index in [0.717, 1.165) is 13.0 Å². The quantitative estimate of drug-likeness (QED) is 0.662. The Morgan fingerprint density at radius 3 is 2.10 bits per heavy atom. The maximum Gasteiger partial charge on any atom is 0.326 e. The van der Waals surface area contributed by atoms with Crippen LogP contribution in [0.15, 0.2) is 0 Å². The number of nitrogens with zero attached hydrogens (tertiary/aromatic N) is 1. The van der Waals surface area contributed by atoms with Crippen LogP contribution in [0, 0.1) is 0 Å². The fraction of sp³-hybridized carbons (Fsp3) is 0.938. The van der Waals surface area contributed by atoms with E-state index in [4.69, 9.17) is 4.74 Å². The van der Waals surface area contributed by atoms with Gasteiger partial charge >= 0.3 is 5.97 Å².